The Morgan fingerprint density at radius 1 is 1.27 bits per heavy atom. The zero-order valence-corrected chi connectivity index (χ0v) is 16.0. The van der Waals surface area contributed by atoms with Crippen LogP contribution in [0.1, 0.15) is 40.2 Å². The zero-order valence-electron chi connectivity index (χ0n) is 16.0. The van der Waals surface area contributed by atoms with Gasteiger partial charge in [0.05, 0.1) is 0 Å². The van der Waals surface area contributed by atoms with Crippen molar-refractivity contribution in [1.82, 2.24) is 25.1 Å². The Labute approximate surface area is 154 Å². The van der Waals surface area contributed by atoms with Crippen molar-refractivity contribution < 1.29 is 4.79 Å². The molecule has 26 heavy (non-hydrogen) atoms. The molecule has 1 aromatic carbocycles. The number of piperidine rings is 1. The molecule has 1 aromatic heterocycles. The summed E-state index contributed by atoms with van der Waals surface area (Å²) in [4.78, 5) is 16.6. The second-order valence-corrected chi connectivity index (χ2v) is 8.13. The summed E-state index contributed by atoms with van der Waals surface area (Å²) in [5.41, 5.74) is 7.00. The SMILES string of the molecule is CC(C)C(C(=O)N1CCC(N)C(C)(C)C1)n1nnc(-c2ccccc2)n1. The molecule has 0 aliphatic carbocycles. The van der Waals surface area contributed by atoms with Gasteiger partial charge in [0.25, 0.3) is 0 Å². The fourth-order valence-electron chi connectivity index (χ4n) is 3.45. The molecule has 3 rings (SSSR count). The van der Waals surface area contributed by atoms with Gasteiger partial charge in [0.2, 0.25) is 11.7 Å². The molecule has 7 nitrogen and oxygen atoms in total. The summed E-state index contributed by atoms with van der Waals surface area (Å²) < 4.78 is 0. The van der Waals surface area contributed by atoms with Gasteiger partial charge in [-0.1, -0.05) is 58.0 Å². The first-order valence-electron chi connectivity index (χ1n) is 9.19. The van der Waals surface area contributed by atoms with E-state index in [1.54, 1.807) is 0 Å². The predicted octanol–water partition coefficient (Wildman–Crippen LogP) is 2.12. The topological polar surface area (TPSA) is 89.9 Å². The minimum absolute atomic E-state index is 0.0389. The van der Waals surface area contributed by atoms with Crippen LogP contribution in [-0.2, 0) is 4.79 Å². The number of carbonyl (C=O) groups is 1. The van der Waals surface area contributed by atoms with Gasteiger partial charge in [-0.15, -0.1) is 10.2 Å². The Bertz CT molecular complexity index is 754. The van der Waals surface area contributed by atoms with E-state index >= 15 is 0 Å². The van der Waals surface area contributed by atoms with Gasteiger partial charge < -0.3 is 10.6 Å². The van der Waals surface area contributed by atoms with Gasteiger partial charge in [0, 0.05) is 24.7 Å². The van der Waals surface area contributed by atoms with Crippen molar-refractivity contribution in [3.05, 3.63) is 30.3 Å². The summed E-state index contributed by atoms with van der Waals surface area (Å²) in [6.07, 6.45) is 0.809. The number of aromatic nitrogens is 4. The van der Waals surface area contributed by atoms with Gasteiger partial charge in [-0.25, -0.2) is 0 Å². The van der Waals surface area contributed by atoms with E-state index in [0.717, 1.165) is 12.0 Å². The maximum Gasteiger partial charge on any atom is 0.249 e. The average molecular weight is 356 g/mol. The third kappa shape index (κ3) is 3.62. The van der Waals surface area contributed by atoms with Crippen LogP contribution in [0.4, 0.5) is 0 Å². The zero-order chi connectivity index (χ0) is 18.9. The third-order valence-electron chi connectivity index (χ3n) is 5.22. The minimum Gasteiger partial charge on any atom is -0.340 e. The molecule has 1 aliphatic rings. The lowest BCUT2D eigenvalue weighted by atomic mass is 9.79. The van der Waals surface area contributed by atoms with Crippen LogP contribution in [0.3, 0.4) is 0 Å². The van der Waals surface area contributed by atoms with Gasteiger partial charge in [-0.3, -0.25) is 4.79 Å². The Morgan fingerprint density at radius 2 is 1.96 bits per heavy atom. The molecule has 140 valence electrons. The highest BCUT2D eigenvalue weighted by Crippen LogP contribution is 2.30. The first-order valence-corrected chi connectivity index (χ1v) is 9.19. The molecule has 0 bridgehead atoms. The molecule has 1 amide bonds. The Morgan fingerprint density at radius 3 is 2.58 bits per heavy atom. The number of hydrogen-bond donors (Lipinski definition) is 1. The summed E-state index contributed by atoms with van der Waals surface area (Å²) in [6, 6.07) is 9.31. The summed E-state index contributed by atoms with van der Waals surface area (Å²) >= 11 is 0. The molecule has 2 aromatic rings. The van der Waals surface area contributed by atoms with Gasteiger partial charge in [0.1, 0.15) is 0 Å². The maximum absolute atomic E-state index is 13.2. The summed E-state index contributed by atoms with van der Waals surface area (Å²) in [6.45, 7) is 9.57. The number of rotatable bonds is 4. The molecule has 2 N–H and O–H groups in total. The minimum atomic E-state index is -0.468. The highest BCUT2D eigenvalue weighted by Gasteiger charge is 2.39. The van der Waals surface area contributed by atoms with E-state index in [-0.39, 0.29) is 23.3 Å². The van der Waals surface area contributed by atoms with E-state index in [4.69, 9.17) is 5.73 Å². The number of tetrazole rings is 1. The molecular weight excluding hydrogens is 328 g/mol. The van der Waals surface area contributed by atoms with Gasteiger partial charge in [-0.05, 0) is 23.0 Å². The molecule has 2 heterocycles. The van der Waals surface area contributed by atoms with Gasteiger partial charge in [0.15, 0.2) is 6.04 Å². The monoisotopic (exact) mass is 356 g/mol. The Hall–Kier alpha value is -2.28. The van der Waals surface area contributed by atoms with Gasteiger partial charge >= 0.3 is 0 Å². The van der Waals surface area contributed by atoms with Crippen LogP contribution in [0.5, 0.6) is 0 Å². The Kier molecular flexibility index (Phi) is 5.09. The molecule has 2 atom stereocenters. The van der Waals surface area contributed by atoms with E-state index in [9.17, 15) is 4.79 Å². The average Bonchev–Trinajstić information content (AvgIpc) is 3.07. The largest absolute Gasteiger partial charge is 0.340 e. The molecule has 0 saturated carbocycles. The van der Waals surface area contributed by atoms with Crippen molar-refractivity contribution in [2.24, 2.45) is 17.1 Å². The second kappa shape index (κ2) is 7.15. The van der Waals surface area contributed by atoms with Crippen molar-refractivity contribution in [2.45, 2.75) is 46.2 Å². The van der Waals surface area contributed by atoms with Crippen molar-refractivity contribution in [3.8, 4) is 11.4 Å². The van der Waals surface area contributed by atoms with Gasteiger partial charge in [-0.2, -0.15) is 4.80 Å². The van der Waals surface area contributed by atoms with Crippen LogP contribution < -0.4 is 5.73 Å². The maximum atomic E-state index is 13.2. The standard InChI is InChI=1S/C19H28N6O/c1-13(2)16(18(26)24-11-10-15(20)19(3,4)12-24)25-22-17(21-23-25)14-8-6-5-7-9-14/h5-9,13,15-16H,10-12,20H2,1-4H3. The highest BCUT2D eigenvalue weighted by molar-refractivity contribution is 5.80. The molecule has 1 fully saturated rings. The van der Waals surface area contributed by atoms with Crippen LogP contribution in [0.25, 0.3) is 11.4 Å². The van der Waals surface area contributed by atoms with Crippen molar-refractivity contribution in [2.75, 3.05) is 13.1 Å². The number of hydrogen-bond acceptors (Lipinski definition) is 5. The third-order valence-corrected chi connectivity index (χ3v) is 5.22. The quantitative estimate of drug-likeness (QED) is 0.906. The summed E-state index contributed by atoms with van der Waals surface area (Å²) in [5.74, 6) is 0.626. The Balaban J connectivity index is 1.84. The van der Waals surface area contributed by atoms with Crippen molar-refractivity contribution >= 4 is 5.91 Å². The summed E-state index contributed by atoms with van der Waals surface area (Å²) in [5, 5.41) is 12.8. The van der Waals surface area contributed by atoms with E-state index < -0.39 is 6.04 Å². The lowest BCUT2D eigenvalue weighted by Crippen LogP contribution is -2.55. The number of benzene rings is 1. The summed E-state index contributed by atoms with van der Waals surface area (Å²) in [7, 11) is 0. The smallest absolute Gasteiger partial charge is 0.249 e. The first kappa shape index (κ1) is 18.5. The van der Waals surface area contributed by atoms with Crippen LogP contribution >= 0.6 is 0 Å². The van der Waals surface area contributed by atoms with E-state index in [1.807, 2.05) is 49.1 Å². The molecular formula is C19H28N6O. The first-order chi connectivity index (χ1) is 12.3. The lowest BCUT2D eigenvalue weighted by molar-refractivity contribution is -0.140. The fourth-order valence-corrected chi connectivity index (χ4v) is 3.45. The number of likely N-dealkylation sites (tertiary alicyclic amines) is 1. The number of nitrogens with two attached hydrogens (primary N) is 1. The van der Waals surface area contributed by atoms with E-state index in [0.29, 0.717) is 18.9 Å². The van der Waals surface area contributed by atoms with Crippen LogP contribution in [-0.4, -0.2) is 50.1 Å². The fraction of sp³-hybridized carbons (Fsp3) is 0.579. The molecule has 1 saturated heterocycles. The van der Waals surface area contributed by atoms with Crippen LogP contribution in [0, 0.1) is 11.3 Å². The van der Waals surface area contributed by atoms with E-state index in [2.05, 4.69) is 29.3 Å². The van der Waals surface area contributed by atoms with E-state index in [1.165, 1.54) is 4.80 Å². The number of nitrogens with zero attached hydrogens (tertiary/aromatic N) is 5. The predicted molar refractivity (Wildman–Crippen MR) is 100 cm³/mol. The molecule has 2 unspecified atom stereocenters. The number of carbonyl (C=O) groups excluding carboxylic acids is 1. The van der Waals surface area contributed by atoms with Crippen LogP contribution in [0.2, 0.25) is 0 Å². The molecule has 1 aliphatic heterocycles. The number of amides is 1. The second-order valence-electron chi connectivity index (χ2n) is 8.13. The highest BCUT2D eigenvalue weighted by atomic mass is 16.2. The van der Waals surface area contributed by atoms with Crippen molar-refractivity contribution in [1.29, 1.82) is 0 Å². The molecule has 0 spiro atoms. The normalized spacial score (nSPS) is 21.0. The van der Waals surface area contributed by atoms with Crippen LogP contribution in [0.15, 0.2) is 30.3 Å². The molecule has 0 radical (unpaired) electrons. The molecule has 7 heteroatoms. The van der Waals surface area contributed by atoms with Crippen molar-refractivity contribution in [3.63, 3.8) is 0 Å². The lowest BCUT2D eigenvalue weighted by Gasteiger charge is -2.43.